The van der Waals surface area contributed by atoms with Gasteiger partial charge in [0.25, 0.3) is 0 Å². The highest BCUT2D eigenvalue weighted by Crippen LogP contribution is 2.27. The van der Waals surface area contributed by atoms with E-state index in [1.807, 2.05) is 0 Å². The predicted molar refractivity (Wildman–Crippen MR) is 83.7 cm³/mol. The molecule has 22 heavy (non-hydrogen) atoms. The molecule has 0 aliphatic rings. The minimum atomic E-state index is -0.563. The number of rotatable bonds is 5. The Morgan fingerprint density at radius 1 is 1.27 bits per heavy atom. The Morgan fingerprint density at radius 2 is 2.05 bits per heavy atom. The molecule has 0 saturated carbocycles. The number of benzene rings is 2. The van der Waals surface area contributed by atoms with E-state index in [0.29, 0.717) is 16.5 Å². The third kappa shape index (κ3) is 4.35. The molecule has 0 radical (unpaired) electrons. The van der Waals surface area contributed by atoms with Crippen LogP contribution in [0.4, 0.5) is 14.5 Å². The smallest absolute Gasteiger partial charge is 0.234 e. The van der Waals surface area contributed by atoms with Crippen LogP contribution in [0.1, 0.15) is 0 Å². The summed E-state index contributed by atoms with van der Waals surface area (Å²) in [4.78, 5) is 11.9. The van der Waals surface area contributed by atoms with Gasteiger partial charge in [-0.1, -0.05) is 11.6 Å². The summed E-state index contributed by atoms with van der Waals surface area (Å²) in [6.07, 6.45) is 0. The van der Waals surface area contributed by atoms with E-state index in [9.17, 15) is 13.6 Å². The zero-order valence-electron chi connectivity index (χ0n) is 11.5. The third-order valence-corrected chi connectivity index (χ3v) is 4.01. The van der Waals surface area contributed by atoms with Crippen molar-refractivity contribution in [1.82, 2.24) is 0 Å². The molecule has 0 aliphatic heterocycles. The summed E-state index contributed by atoms with van der Waals surface area (Å²) >= 11 is 6.87. The lowest BCUT2D eigenvalue weighted by atomic mass is 10.3. The Morgan fingerprint density at radius 3 is 2.73 bits per heavy atom. The van der Waals surface area contributed by atoms with Crippen molar-refractivity contribution in [1.29, 1.82) is 0 Å². The number of carbonyl (C=O) groups is 1. The molecular formula is C15H12ClF2NO2S. The zero-order chi connectivity index (χ0) is 16.1. The number of nitrogens with one attached hydrogen (secondary N) is 1. The minimum Gasteiger partial charge on any atom is -0.495 e. The van der Waals surface area contributed by atoms with Crippen molar-refractivity contribution in [2.45, 2.75) is 4.90 Å². The highest BCUT2D eigenvalue weighted by atomic mass is 35.5. The average Bonchev–Trinajstić information content (AvgIpc) is 2.48. The highest BCUT2D eigenvalue weighted by molar-refractivity contribution is 8.00. The van der Waals surface area contributed by atoms with E-state index in [1.54, 1.807) is 18.2 Å². The van der Waals surface area contributed by atoms with Gasteiger partial charge < -0.3 is 10.1 Å². The number of hydrogen-bond donors (Lipinski definition) is 1. The average molecular weight is 344 g/mol. The Balaban J connectivity index is 1.95. The van der Waals surface area contributed by atoms with Crippen molar-refractivity contribution >= 4 is 35.0 Å². The van der Waals surface area contributed by atoms with Gasteiger partial charge in [-0.05, 0) is 36.4 Å². The summed E-state index contributed by atoms with van der Waals surface area (Å²) < 4.78 is 31.5. The van der Waals surface area contributed by atoms with Gasteiger partial charge in [-0.3, -0.25) is 4.79 Å². The maximum Gasteiger partial charge on any atom is 0.234 e. The van der Waals surface area contributed by atoms with E-state index < -0.39 is 11.6 Å². The second-order valence-corrected chi connectivity index (χ2v) is 5.69. The van der Waals surface area contributed by atoms with Crippen LogP contribution in [0.15, 0.2) is 41.3 Å². The summed E-state index contributed by atoms with van der Waals surface area (Å²) in [6.45, 7) is 0. The van der Waals surface area contributed by atoms with Crippen LogP contribution in [-0.4, -0.2) is 18.8 Å². The van der Waals surface area contributed by atoms with Gasteiger partial charge in [0, 0.05) is 10.6 Å². The van der Waals surface area contributed by atoms with E-state index in [0.717, 1.165) is 30.0 Å². The summed E-state index contributed by atoms with van der Waals surface area (Å²) in [5, 5.41) is 2.99. The summed E-state index contributed by atoms with van der Waals surface area (Å²) in [7, 11) is 1.49. The van der Waals surface area contributed by atoms with Crippen molar-refractivity contribution in [2.24, 2.45) is 0 Å². The fourth-order valence-electron chi connectivity index (χ4n) is 1.67. The van der Waals surface area contributed by atoms with Crippen LogP contribution >= 0.6 is 23.4 Å². The monoisotopic (exact) mass is 343 g/mol. The second-order valence-electron chi connectivity index (χ2n) is 4.26. The molecule has 0 spiro atoms. The van der Waals surface area contributed by atoms with Gasteiger partial charge in [-0.15, -0.1) is 11.8 Å². The molecule has 0 aliphatic carbocycles. The van der Waals surface area contributed by atoms with Crippen molar-refractivity contribution in [3.05, 3.63) is 53.1 Å². The number of amides is 1. The lowest BCUT2D eigenvalue weighted by Crippen LogP contribution is -2.14. The lowest BCUT2D eigenvalue weighted by Gasteiger charge is -2.08. The minimum absolute atomic E-state index is 0.0516. The Labute approximate surface area is 135 Å². The van der Waals surface area contributed by atoms with E-state index >= 15 is 0 Å². The van der Waals surface area contributed by atoms with Gasteiger partial charge in [0.15, 0.2) is 0 Å². The van der Waals surface area contributed by atoms with Crippen LogP contribution in [0.25, 0.3) is 0 Å². The fraction of sp³-hybridized carbons (Fsp3) is 0.133. The normalized spacial score (nSPS) is 10.4. The molecule has 116 valence electrons. The van der Waals surface area contributed by atoms with Crippen LogP contribution < -0.4 is 10.1 Å². The van der Waals surface area contributed by atoms with Crippen LogP contribution in [0.2, 0.25) is 5.02 Å². The molecule has 0 atom stereocenters. The topological polar surface area (TPSA) is 38.3 Å². The molecular weight excluding hydrogens is 332 g/mol. The van der Waals surface area contributed by atoms with E-state index in [4.69, 9.17) is 16.3 Å². The maximum absolute atomic E-state index is 13.4. The fourth-order valence-corrected chi connectivity index (χ4v) is 2.69. The molecule has 1 N–H and O–H groups in total. The first-order valence-electron chi connectivity index (χ1n) is 6.21. The molecule has 0 saturated heterocycles. The summed E-state index contributed by atoms with van der Waals surface area (Å²) in [6, 6.07) is 7.91. The maximum atomic E-state index is 13.4. The molecule has 2 aromatic rings. The van der Waals surface area contributed by atoms with Gasteiger partial charge in [-0.2, -0.15) is 0 Å². The van der Waals surface area contributed by atoms with Crippen LogP contribution in [0, 0.1) is 11.6 Å². The largest absolute Gasteiger partial charge is 0.495 e. The number of methoxy groups -OCH3 is 1. The highest BCUT2D eigenvalue weighted by Gasteiger charge is 2.09. The first kappa shape index (κ1) is 16.6. The molecule has 2 aromatic carbocycles. The quantitative estimate of drug-likeness (QED) is 0.820. The number of halogens is 3. The molecule has 3 nitrogen and oxygen atoms in total. The molecule has 0 heterocycles. The van der Waals surface area contributed by atoms with Crippen molar-refractivity contribution < 1.29 is 18.3 Å². The van der Waals surface area contributed by atoms with Gasteiger partial charge in [0.1, 0.15) is 17.4 Å². The van der Waals surface area contributed by atoms with E-state index in [-0.39, 0.29) is 16.6 Å². The molecule has 0 fully saturated rings. The Bertz CT molecular complexity index is 697. The standard InChI is InChI=1S/C15H12ClF2NO2S/c1-21-13-5-3-10(7-11(13)16)19-15(20)8-22-14-6-9(17)2-4-12(14)18/h2-7H,8H2,1H3,(H,19,20). The lowest BCUT2D eigenvalue weighted by molar-refractivity contribution is -0.113. The third-order valence-electron chi connectivity index (χ3n) is 2.69. The van der Waals surface area contributed by atoms with Crippen LogP contribution in [0.5, 0.6) is 5.75 Å². The van der Waals surface area contributed by atoms with Crippen molar-refractivity contribution in [3.63, 3.8) is 0 Å². The predicted octanol–water partition coefficient (Wildman–Crippen LogP) is 4.36. The number of hydrogen-bond acceptors (Lipinski definition) is 3. The first-order valence-corrected chi connectivity index (χ1v) is 7.57. The van der Waals surface area contributed by atoms with Crippen molar-refractivity contribution in [3.8, 4) is 5.75 Å². The van der Waals surface area contributed by atoms with E-state index in [1.165, 1.54) is 7.11 Å². The molecule has 7 heteroatoms. The molecule has 0 unspecified atom stereocenters. The number of ether oxygens (including phenoxy) is 1. The molecule has 1 amide bonds. The molecule has 2 rings (SSSR count). The van der Waals surface area contributed by atoms with Gasteiger partial charge in [-0.25, -0.2) is 8.78 Å². The summed E-state index contributed by atoms with van der Waals surface area (Å²) in [5.74, 6) is -1.02. The number of anilines is 1. The van der Waals surface area contributed by atoms with Gasteiger partial charge >= 0.3 is 0 Å². The molecule has 0 aromatic heterocycles. The molecule has 0 bridgehead atoms. The number of thioether (sulfide) groups is 1. The zero-order valence-corrected chi connectivity index (χ0v) is 13.1. The number of carbonyl (C=O) groups excluding carboxylic acids is 1. The Kier molecular flexibility index (Phi) is 5.63. The van der Waals surface area contributed by atoms with Crippen LogP contribution in [0.3, 0.4) is 0 Å². The van der Waals surface area contributed by atoms with Crippen LogP contribution in [-0.2, 0) is 4.79 Å². The summed E-state index contributed by atoms with van der Waals surface area (Å²) in [5.41, 5.74) is 0.496. The van der Waals surface area contributed by atoms with Gasteiger partial charge in [0.05, 0.1) is 17.9 Å². The Hall–Kier alpha value is -1.79. The first-order chi connectivity index (χ1) is 10.5. The van der Waals surface area contributed by atoms with Crippen molar-refractivity contribution in [2.75, 3.05) is 18.2 Å². The van der Waals surface area contributed by atoms with E-state index in [2.05, 4.69) is 5.32 Å². The SMILES string of the molecule is COc1ccc(NC(=O)CSc2cc(F)ccc2F)cc1Cl. The second kappa shape index (κ2) is 7.47. The van der Waals surface area contributed by atoms with Gasteiger partial charge in [0.2, 0.25) is 5.91 Å².